The molecule has 1 heterocycles. The first-order valence-corrected chi connectivity index (χ1v) is 9.44. The Hall–Kier alpha value is -0.130. The van der Waals surface area contributed by atoms with E-state index in [9.17, 15) is 8.42 Å². The van der Waals surface area contributed by atoms with Gasteiger partial charge in [0.2, 0.25) is 0 Å². The molecule has 1 aliphatic heterocycles. The third-order valence-electron chi connectivity index (χ3n) is 3.94. The minimum absolute atomic E-state index is 0.263. The lowest BCUT2D eigenvalue weighted by Crippen LogP contribution is -2.46. The summed E-state index contributed by atoms with van der Waals surface area (Å²) in [7, 11) is -2.82. The molecule has 0 aromatic rings. The maximum Gasteiger partial charge on any atom is 0.150 e. The van der Waals surface area contributed by atoms with Gasteiger partial charge in [-0.25, -0.2) is 8.42 Å². The van der Waals surface area contributed by atoms with Crippen molar-refractivity contribution in [3.63, 3.8) is 0 Å². The molecule has 1 aliphatic rings. The van der Waals surface area contributed by atoms with Gasteiger partial charge in [-0.15, -0.1) is 0 Å². The van der Waals surface area contributed by atoms with Crippen molar-refractivity contribution < 1.29 is 8.42 Å². The SMILES string of the molecule is CCS(=O)(=O)CCCN(CC1CCCCN1)C(C)C. The van der Waals surface area contributed by atoms with Gasteiger partial charge in [0.1, 0.15) is 9.84 Å². The molecule has 1 fully saturated rings. The Morgan fingerprint density at radius 3 is 2.58 bits per heavy atom. The average molecular weight is 290 g/mol. The van der Waals surface area contributed by atoms with Crippen LogP contribution in [0.1, 0.15) is 46.5 Å². The molecule has 0 aliphatic carbocycles. The largest absolute Gasteiger partial charge is 0.313 e. The first-order chi connectivity index (χ1) is 8.94. The first-order valence-electron chi connectivity index (χ1n) is 7.62. The summed E-state index contributed by atoms with van der Waals surface area (Å²) in [5, 5.41) is 3.56. The Balaban J connectivity index is 2.35. The molecule has 114 valence electrons. The van der Waals surface area contributed by atoms with Crippen LogP contribution in [0.2, 0.25) is 0 Å². The van der Waals surface area contributed by atoms with Crippen molar-refractivity contribution in [1.29, 1.82) is 0 Å². The molecular weight excluding hydrogens is 260 g/mol. The number of hydrogen-bond acceptors (Lipinski definition) is 4. The molecule has 1 rings (SSSR count). The lowest BCUT2D eigenvalue weighted by Gasteiger charge is -2.33. The van der Waals surface area contributed by atoms with Crippen LogP contribution in [-0.2, 0) is 9.84 Å². The predicted octanol–water partition coefficient (Wildman–Crippen LogP) is 1.66. The van der Waals surface area contributed by atoms with E-state index in [1.807, 2.05) is 0 Å². The van der Waals surface area contributed by atoms with Crippen molar-refractivity contribution in [1.82, 2.24) is 10.2 Å². The van der Waals surface area contributed by atoms with Crippen molar-refractivity contribution in [3.05, 3.63) is 0 Å². The normalized spacial score (nSPS) is 21.2. The van der Waals surface area contributed by atoms with Gasteiger partial charge < -0.3 is 5.32 Å². The zero-order valence-corrected chi connectivity index (χ0v) is 13.5. The molecule has 0 radical (unpaired) electrons. The van der Waals surface area contributed by atoms with Gasteiger partial charge in [0.15, 0.2) is 0 Å². The summed E-state index contributed by atoms with van der Waals surface area (Å²) in [6.07, 6.45) is 4.60. The number of hydrogen-bond donors (Lipinski definition) is 1. The summed E-state index contributed by atoms with van der Waals surface area (Å²) in [5.74, 6) is 0.587. The third-order valence-corrected chi connectivity index (χ3v) is 5.73. The second-order valence-corrected chi connectivity index (χ2v) is 8.30. The van der Waals surface area contributed by atoms with E-state index in [-0.39, 0.29) is 5.75 Å². The Labute approximate surface area is 118 Å². The number of rotatable bonds is 8. The molecular formula is C14H30N2O2S. The molecule has 0 saturated carbocycles. The second-order valence-electron chi connectivity index (χ2n) is 5.83. The molecule has 0 bridgehead atoms. The molecule has 1 atom stereocenters. The van der Waals surface area contributed by atoms with E-state index in [2.05, 4.69) is 24.1 Å². The summed E-state index contributed by atoms with van der Waals surface area (Å²) in [6, 6.07) is 1.06. The van der Waals surface area contributed by atoms with E-state index >= 15 is 0 Å². The van der Waals surface area contributed by atoms with E-state index in [0.717, 1.165) is 26.1 Å². The van der Waals surface area contributed by atoms with Crippen LogP contribution in [0.25, 0.3) is 0 Å². The molecule has 0 spiro atoms. The number of nitrogens with zero attached hydrogens (tertiary/aromatic N) is 1. The van der Waals surface area contributed by atoms with Gasteiger partial charge in [-0.3, -0.25) is 4.90 Å². The molecule has 0 aromatic heterocycles. The van der Waals surface area contributed by atoms with E-state index in [1.165, 1.54) is 19.3 Å². The van der Waals surface area contributed by atoms with Crippen LogP contribution in [0.3, 0.4) is 0 Å². The van der Waals surface area contributed by atoms with E-state index < -0.39 is 9.84 Å². The van der Waals surface area contributed by atoms with Crippen molar-refractivity contribution in [2.24, 2.45) is 0 Å². The number of nitrogens with one attached hydrogen (secondary N) is 1. The van der Waals surface area contributed by atoms with Gasteiger partial charge in [-0.05, 0) is 46.2 Å². The molecule has 4 nitrogen and oxygen atoms in total. The van der Waals surface area contributed by atoms with Gasteiger partial charge in [0.05, 0.1) is 5.75 Å². The van der Waals surface area contributed by atoms with E-state index in [0.29, 0.717) is 17.8 Å². The van der Waals surface area contributed by atoms with Gasteiger partial charge in [-0.2, -0.15) is 0 Å². The fourth-order valence-corrected chi connectivity index (χ4v) is 3.41. The molecule has 0 aromatic carbocycles. The second kappa shape index (κ2) is 8.22. The van der Waals surface area contributed by atoms with E-state index in [4.69, 9.17) is 0 Å². The van der Waals surface area contributed by atoms with Crippen LogP contribution in [-0.4, -0.2) is 56.5 Å². The monoisotopic (exact) mass is 290 g/mol. The Bertz CT molecular complexity index is 335. The number of sulfone groups is 1. The lowest BCUT2D eigenvalue weighted by molar-refractivity contribution is 0.185. The average Bonchev–Trinajstić information content (AvgIpc) is 2.38. The van der Waals surface area contributed by atoms with Gasteiger partial charge in [0, 0.05) is 24.4 Å². The maximum atomic E-state index is 11.5. The highest BCUT2D eigenvalue weighted by Gasteiger charge is 2.19. The smallest absolute Gasteiger partial charge is 0.150 e. The molecule has 1 saturated heterocycles. The van der Waals surface area contributed by atoms with E-state index in [1.54, 1.807) is 6.92 Å². The van der Waals surface area contributed by atoms with Gasteiger partial charge in [0.25, 0.3) is 0 Å². The van der Waals surface area contributed by atoms with Crippen LogP contribution in [0, 0.1) is 0 Å². The topological polar surface area (TPSA) is 49.4 Å². The standard InChI is InChI=1S/C14H30N2O2S/c1-4-19(17,18)11-7-10-16(13(2)3)12-14-8-5-6-9-15-14/h13-15H,4-12H2,1-3H3. The predicted molar refractivity (Wildman–Crippen MR) is 81.3 cm³/mol. The van der Waals surface area contributed by atoms with Crippen molar-refractivity contribution in [2.45, 2.75) is 58.5 Å². The van der Waals surface area contributed by atoms with Crippen LogP contribution in [0.15, 0.2) is 0 Å². The maximum absolute atomic E-state index is 11.5. The summed E-state index contributed by atoms with van der Waals surface area (Å²) < 4.78 is 23.0. The fourth-order valence-electron chi connectivity index (χ4n) is 2.56. The molecule has 1 N–H and O–H groups in total. The fraction of sp³-hybridized carbons (Fsp3) is 1.00. The molecule has 0 amide bonds. The highest BCUT2D eigenvalue weighted by Crippen LogP contribution is 2.11. The Kier molecular flexibility index (Phi) is 7.32. The minimum Gasteiger partial charge on any atom is -0.313 e. The summed E-state index contributed by atoms with van der Waals surface area (Å²) >= 11 is 0. The van der Waals surface area contributed by atoms with Gasteiger partial charge in [-0.1, -0.05) is 13.3 Å². The van der Waals surface area contributed by atoms with Crippen LogP contribution >= 0.6 is 0 Å². The quantitative estimate of drug-likeness (QED) is 0.739. The molecule has 5 heteroatoms. The highest BCUT2D eigenvalue weighted by atomic mass is 32.2. The van der Waals surface area contributed by atoms with Crippen LogP contribution < -0.4 is 5.32 Å². The van der Waals surface area contributed by atoms with Crippen molar-refractivity contribution in [2.75, 3.05) is 31.1 Å². The zero-order valence-electron chi connectivity index (χ0n) is 12.7. The highest BCUT2D eigenvalue weighted by molar-refractivity contribution is 7.91. The lowest BCUT2D eigenvalue weighted by atomic mass is 10.0. The van der Waals surface area contributed by atoms with Crippen molar-refractivity contribution >= 4 is 9.84 Å². The third kappa shape index (κ3) is 6.72. The summed E-state index contributed by atoms with van der Waals surface area (Å²) in [4.78, 5) is 2.41. The van der Waals surface area contributed by atoms with Crippen LogP contribution in [0.5, 0.6) is 0 Å². The van der Waals surface area contributed by atoms with Crippen LogP contribution in [0.4, 0.5) is 0 Å². The molecule has 19 heavy (non-hydrogen) atoms. The summed E-state index contributed by atoms with van der Waals surface area (Å²) in [6.45, 7) is 9.16. The van der Waals surface area contributed by atoms with Gasteiger partial charge >= 0.3 is 0 Å². The first kappa shape index (κ1) is 16.9. The minimum atomic E-state index is -2.82. The number of piperidine rings is 1. The van der Waals surface area contributed by atoms with Crippen molar-refractivity contribution in [3.8, 4) is 0 Å². The molecule has 1 unspecified atom stereocenters. The Morgan fingerprint density at radius 2 is 2.05 bits per heavy atom. The Morgan fingerprint density at radius 1 is 1.32 bits per heavy atom. The zero-order chi connectivity index (χ0) is 14.3. The summed E-state index contributed by atoms with van der Waals surface area (Å²) in [5.41, 5.74) is 0.